The second-order valence-corrected chi connectivity index (χ2v) is 5.65. The minimum atomic E-state index is -0.687. The van der Waals surface area contributed by atoms with Crippen LogP contribution in [0.2, 0.25) is 0 Å². The lowest BCUT2D eigenvalue weighted by molar-refractivity contribution is -0.143. The van der Waals surface area contributed by atoms with Crippen LogP contribution in [-0.2, 0) is 14.4 Å². The standard InChI is InChI=1S/C18H24N2O3/c1-6-8-14(7-2)15-11-16(19-17(22)12(3)4)18(23)20(9-10-21)13(15)5/h6-8,10,13,15-16H,1-3,9,11H2,4-5H3,(H,19,22)/b14-8+. The number of hydrogen-bond donors (Lipinski definition) is 1. The lowest BCUT2D eigenvalue weighted by Crippen LogP contribution is -2.59. The van der Waals surface area contributed by atoms with Gasteiger partial charge in [-0.15, -0.1) is 0 Å². The van der Waals surface area contributed by atoms with E-state index in [0.29, 0.717) is 18.3 Å². The molecule has 0 bridgehead atoms. The van der Waals surface area contributed by atoms with Crippen LogP contribution in [0.1, 0.15) is 20.3 Å². The fourth-order valence-electron chi connectivity index (χ4n) is 2.80. The summed E-state index contributed by atoms with van der Waals surface area (Å²) in [6, 6.07) is -0.858. The SMILES string of the molecule is C=C/C=C(\C=C)C1CC(NC(=O)C(=C)C)C(=O)N(CC=O)C1C. The normalized spacial score (nSPS) is 24.8. The van der Waals surface area contributed by atoms with Crippen molar-refractivity contribution in [2.45, 2.75) is 32.4 Å². The van der Waals surface area contributed by atoms with Gasteiger partial charge in [0.15, 0.2) is 0 Å². The van der Waals surface area contributed by atoms with E-state index in [0.717, 1.165) is 5.57 Å². The second-order valence-electron chi connectivity index (χ2n) is 5.65. The molecule has 1 saturated heterocycles. The zero-order valence-electron chi connectivity index (χ0n) is 13.7. The molecule has 0 radical (unpaired) electrons. The number of piperidine rings is 1. The van der Waals surface area contributed by atoms with Crippen LogP contribution in [0.15, 0.2) is 49.1 Å². The Morgan fingerprint density at radius 1 is 1.43 bits per heavy atom. The van der Waals surface area contributed by atoms with Gasteiger partial charge in [0.1, 0.15) is 12.3 Å². The number of nitrogens with zero attached hydrogens (tertiary/aromatic N) is 1. The van der Waals surface area contributed by atoms with E-state index in [-0.39, 0.29) is 30.3 Å². The largest absolute Gasteiger partial charge is 0.341 e. The van der Waals surface area contributed by atoms with Crippen molar-refractivity contribution in [2.24, 2.45) is 5.92 Å². The third-order valence-corrected chi connectivity index (χ3v) is 4.08. The number of nitrogens with one attached hydrogen (secondary N) is 1. The molecule has 1 aliphatic rings. The van der Waals surface area contributed by atoms with Crippen LogP contribution in [0.5, 0.6) is 0 Å². The monoisotopic (exact) mass is 316 g/mol. The molecule has 124 valence electrons. The summed E-state index contributed by atoms with van der Waals surface area (Å²) < 4.78 is 0. The quantitative estimate of drug-likeness (QED) is 0.442. The lowest BCUT2D eigenvalue weighted by Gasteiger charge is -2.42. The van der Waals surface area contributed by atoms with Crippen LogP contribution < -0.4 is 5.32 Å². The Bertz CT molecular complexity index is 563. The van der Waals surface area contributed by atoms with Crippen molar-refractivity contribution >= 4 is 18.1 Å². The van der Waals surface area contributed by atoms with E-state index in [1.807, 2.05) is 13.0 Å². The molecule has 1 rings (SSSR count). The van der Waals surface area contributed by atoms with Crippen LogP contribution >= 0.6 is 0 Å². The van der Waals surface area contributed by atoms with E-state index >= 15 is 0 Å². The maximum Gasteiger partial charge on any atom is 0.246 e. The molecule has 3 unspecified atom stereocenters. The smallest absolute Gasteiger partial charge is 0.246 e. The Labute approximate surface area is 137 Å². The first-order valence-electron chi connectivity index (χ1n) is 7.52. The van der Waals surface area contributed by atoms with Crippen molar-refractivity contribution in [1.29, 1.82) is 0 Å². The average Bonchev–Trinajstić information content (AvgIpc) is 2.51. The van der Waals surface area contributed by atoms with Crippen molar-refractivity contribution in [2.75, 3.05) is 6.54 Å². The van der Waals surface area contributed by atoms with Gasteiger partial charge < -0.3 is 15.0 Å². The number of likely N-dealkylation sites (tertiary alicyclic amines) is 1. The van der Waals surface area contributed by atoms with E-state index in [9.17, 15) is 14.4 Å². The second kappa shape index (κ2) is 8.27. The molecule has 1 heterocycles. The van der Waals surface area contributed by atoms with Crippen molar-refractivity contribution in [3.8, 4) is 0 Å². The summed E-state index contributed by atoms with van der Waals surface area (Å²) in [6.07, 6.45) is 6.35. The summed E-state index contributed by atoms with van der Waals surface area (Å²) in [5, 5.41) is 2.70. The van der Waals surface area contributed by atoms with Crippen LogP contribution in [0.25, 0.3) is 0 Å². The molecule has 0 aromatic rings. The highest BCUT2D eigenvalue weighted by Crippen LogP contribution is 2.31. The zero-order chi connectivity index (χ0) is 17.6. The van der Waals surface area contributed by atoms with Gasteiger partial charge in [-0.05, 0) is 25.8 Å². The molecule has 0 aromatic heterocycles. The number of aldehydes is 1. The summed E-state index contributed by atoms with van der Waals surface area (Å²) in [6.45, 7) is 14.5. The maximum atomic E-state index is 12.6. The summed E-state index contributed by atoms with van der Waals surface area (Å²) in [5.41, 5.74) is 1.26. The summed E-state index contributed by atoms with van der Waals surface area (Å²) in [7, 11) is 0. The van der Waals surface area contributed by atoms with Gasteiger partial charge in [0.25, 0.3) is 0 Å². The molecular weight excluding hydrogens is 292 g/mol. The first-order chi connectivity index (χ1) is 10.9. The van der Waals surface area contributed by atoms with Gasteiger partial charge in [0, 0.05) is 17.5 Å². The summed E-state index contributed by atoms with van der Waals surface area (Å²) in [5.74, 6) is -0.661. The van der Waals surface area contributed by atoms with Gasteiger partial charge in [-0.3, -0.25) is 9.59 Å². The van der Waals surface area contributed by atoms with Gasteiger partial charge in [-0.2, -0.15) is 0 Å². The van der Waals surface area contributed by atoms with Crippen molar-refractivity contribution in [1.82, 2.24) is 10.2 Å². The van der Waals surface area contributed by atoms with Crippen LogP contribution in [0.3, 0.4) is 0 Å². The Balaban J connectivity index is 3.15. The van der Waals surface area contributed by atoms with E-state index in [4.69, 9.17) is 0 Å². The van der Waals surface area contributed by atoms with Crippen molar-refractivity contribution in [3.63, 3.8) is 0 Å². The molecule has 1 aliphatic heterocycles. The molecule has 1 fully saturated rings. The summed E-state index contributed by atoms with van der Waals surface area (Å²) >= 11 is 0. The predicted octanol–water partition coefficient (Wildman–Crippen LogP) is 1.78. The number of carbonyl (C=O) groups excluding carboxylic acids is 3. The van der Waals surface area contributed by atoms with Crippen LogP contribution in [-0.4, -0.2) is 41.6 Å². The Morgan fingerprint density at radius 2 is 2.09 bits per heavy atom. The minimum absolute atomic E-state index is 0.00550. The lowest BCUT2D eigenvalue weighted by atomic mass is 9.81. The van der Waals surface area contributed by atoms with Gasteiger partial charge in [0.2, 0.25) is 11.8 Å². The zero-order valence-corrected chi connectivity index (χ0v) is 13.7. The number of allylic oxidation sites excluding steroid dienone is 3. The summed E-state index contributed by atoms with van der Waals surface area (Å²) in [4.78, 5) is 36.8. The van der Waals surface area contributed by atoms with Crippen molar-refractivity contribution in [3.05, 3.63) is 49.1 Å². The van der Waals surface area contributed by atoms with Gasteiger partial charge >= 0.3 is 0 Å². The maximum absolute atomic E-state index is 12.6. The molecule has 5 nitrogen and oxygen atoms in total. The molecule has 5 heteroatoms. The molecule has 0 aliphatic carbocycles. The van der Waals surface area contributed by atoms with Crippen LogP contribution in [0, 0.1) is 5.92 Å². The third-order valence-electron chi connectivity index (χ3n) is 4.08. The fraction of sp³-hybridized carbons (Fsp3) is 0.389. The molecule has 2 amide bonds. The number of rotatable bonds is 7. The van der Waals surface area contributed by atoms with Crippen LogP contribution in [0.4, 0.5) is 0 Å². The minimum Gasteiger partial charge on any atom is -0.341 e. The Hall–Kier alpha value is -2.43. The van der Waals surface area contributed by atoms with Gasteiger partial charge in [0.05, 0.1) is 6.54 Å². The third kappa shape index (κ3) is 4.28. The highest BCUT2D eigenvalue weighted by atomic mass is 16.2. The van der Waals surface area contributed by atoms with Gasteiger partial charge in [-0.25, -0.2) is 0 Å². The number of carbonyl (C=O) groups is 3. The molecule has 0 spiro atoms. The highest BCUT2D eigenvalue weighted by molar-refractivity contribution is 5.96. The fourth-order valence-corrected chi connectivity index (χ4v) is 2.80. The van der Waals surface area contributed by atoms with Crippen molar-refractivity contribution < 1.29 is 14.4 Å². The van der Waals surface area contributed by atoms with E-state index < -0.39 is 6.04 Å². The molecule has 3 atom stereocenters. The molecule has 23 heavy (non-hydrogen) atoms. The first kappa shape index (κ1) is 18.6. The molecule has 0 saturated carbocycles. The molecular formula is C18H24N2O3. The average molecular weight is 316 g/mol. The number of hydrogen-bond acceptors (Lipinski definition) is 3. The van der Waals surface area contributed by atoms with E-state index in [2.05, 4.69) is 25.1 Å². The van der Waals surface area contributed by atoms with E-state index in [1.165, 1.54) is 4.90 Å². The highest BCUT2D eigenvalue weighted by Gasteiger charge is 2.40. The Kier molecular flexibility index (Phi) is 6.69. The Morgan fingerprint density at radius 3 is 2.57 bits per heavy atom. The predicted molar refractivity (Wildman–Crippen MR) is 90.6 cm³/mol. The first-order valence-corrected chi connectivity index (χ1v) is 7.52. The van der Waals surface area contributed by atoms with E-state index in [1.54, 1.807) is 19.1 Å². The number of amides is 2. The van der Waals surface area contributed by atoms with Gasteiger partial charge in [-0.1, -0.05) is 38.0 Å². The molecule has 0 aromatic carbocycles. The molecule has 1 N–H and O–H groups in total. The topological polar surface area (TPSA) is 66.5 Å².